The minimum absolute atomic E-state index is 0.00306. The van der Waals surface area contributed by atoms with Crippen LogP contribution in [0, 0.1) is 5.92 Å². The molecule has 0 aromatic heterocycles. The van der Waals surface area contributed by atoms with Gasteiger partial charge < -0.3 is 16.0 Å². The van der Waals surface area contributed by atoms with Gasteiger partial charge in [-0.15, -0.1) is 0 Å². The summed E-state index contributed by atoms with van der Waals surface area (Å²) in [6.45, 7) is 7.47. The molecule has 3 N–H and O–H groups in total. The predicted octanol–water partition coefficient (Wildman–Crippen LogP) is 0.405. The maximum atomic E-state index is 11.9. The Kier molecular flexibility index (Phi) is 6.12. The van der Waals surface area contributed by atoms with Crippen LogP contribution in [0.5, 0.6) is 0 Å². The molecule has 0 saturated carbocycles. The first-order valence-electron chi connectivity index (χ1n) is 6.86. The summed E-state index contributed by atoms with van der Waals surface area (Å²) in [5.41, 5.74) is 0. The van der Waals surface area contributed by atoms with E-state index in [1.165, 1.54) is 0 Å². The zero-order valence-electron chi connectivity index (χ0n) is 11.6. The van der Waals surface area contributed by atoms with Crippen LogP contribution < -0.4 is 16.0 Å². The number of piperidine rings is 1. The summed E-state index contributed by atoms with van der Waals surface area (Å²) < 4.78 is 0. The van der Waals surface area contributed by atoms with Crippen LogP contribution in [0.3, 0.4) is 0 Å². The number of hydrogen-bond acceptors (Lipinski definition) is 3. The van der Waals surface area contributed by atoms with Gasteiger partial charge in [0.1, 0.15) is 6.04 Å². The van der Waals surface area contributed by atoms with Crippen molar-refractivity contribution >= 4 is 11.8 Å². The van der Waals surface area contributed by atoms with Crippen LogP contribution in [0.1, 0.15) is 40.0 Å². The molecule has 0 aromatic rings. The van der Waals surface area contributed by atoms with Gasteiger partial charge in [0.05, 0.1) is 0 Å². The van der Waals surface area contributed by atoms with Crippen molar-refractivity contribution in [1.82, 2.24) is 16.0 Å². The smallest absolute Gasteiger partial charge is 0.242 e. The molecule has 1 aliphatic heterocycles. The van der Waals surface area contributed by atoms with Crippen LogP contribution in [-0.4, -0.2) is 37.0 Å². The van der Waals surface area contributed by atoms with Gasteiger partial charge in [-0.1, -0.05) is 6.92 Å². The Morgan fingerprint density at radius 1 is 1.22 bits per heavy atom. The minimum Gasteiger partial charge on any atom is -0.352 e. The van der Waals surface area contributed by atoms with Crippen LogP contribution in [-0.2, 0) is 9.59 Å². The van der Waals surface area contributed by atoms with E-state index in [4.69, 9.17) is 0 Å². The zero-order chi connectivity index (χ0) is 13.5. The molecule has 1 saturated heterocycles. The van der Waals surface area contributed by atoms with Gasteiger partial charge in [0.25, 0.3) is 0 Å². The Bertz CT molecular complexity index is 288. The van der Waals surface area contributed by atoms with Crippen molar-refractivity contribution in [3.8, 4) is 0 Å². The van der Waals surface area contributed by atoms with Gasteiger partial charge in [-0.25, -0.2) is 0 Å². The lowest BCUT2D eigenvalue weighted by atomic mass is 9.97. The van der Waals surface area contributed by atoms with Crippen LogP contribution in [0.2, 0.25) is 0 Å². The largest absolute Gasteiger partial charge is 0.352 e. The van der Waals surface area contributed by atoms with Crippen molar-refractivity contribution < 1.29 is 9.59 Å². The Morgan fingerprint density at radius 2 is 1.83 bits per heavy atom. The van der Waals surface area contributed by atoms with E-state index in [1.54, 1.807) is 6.92 Å². The van der Waals surface area contributed by atoms with Crippen LogP contribution in [0.4, 0.5) is 0 Å². The molecule has 1 heterocycles. The van der Waals surface area contributed by atoms with E-state index in [2.05, 4.69) is 16.0 Å². The van der Waals surface area contributed by atoms with Gasteiger partial charge in [0.2, 0.25) is 11.8 Å². The molecule has 18 heavy (non-hydrogen) atoms. The first-order chi connectivity index (χ1) is 8.54. The molecule has 0 spiro atoms. The second kappa shape index (κ2) is 7.36. The van der Waals surface area contributed by atoms with E-state index >= 15 is 0 Å². The van der Waals surface area contributed by atoms with Crippen molar-refractivity contribution in [3.05, 3.63) is 0 Å². The van der Waals surface area contributed by atoms with Crippen molar-refractivity contribution in [2.75, 3.05) is 13.1 Å². The van der Waals surface area contributed by atoms with E-state index in [0.717, 1.165) is 32.4 Å². The molecule has 2 unspecified atom stereocenters. The maximum Gasteiger partial charge on any atom is 0.242 e. The molecule has 0 bridgehead atoms. The highest BCUT2D eigenvalue weighted by Gasteiger charge is 2.24. The van der Waals surface area contributed by atoms with Gasteiger partial charge in [-0.05, 0) is 46.2 Å². The monoisotopic (exact) mass is 255 g/mol. The lowest BCUT2D eigenvalue weighted by Gasteiger charge is -2.24. The lowest BCUT2D eigenvalue weighted by molar-refractivity contribution is -0.131. The molecule has 2 amide bonds. The summed E-state index contributed by atoms with van der Waals surface area (Å²) in [4.78, 5) is 23.7. The number of rotatable bonds is 5. The molecule has 104 valence electrons. The number of amides is 2. The zero-order valence-corrected chi connectivity index (χ0v) is 11.6. The molecule has 1 aliphatic rings. The second-order valence-electron chi connectivity index (χ2n) is 5.07. The molecule has 1 fully saturated rings. The van der Waals surface area contributed by atoms with E-state index in [0.29, 0.717) is 0 Å². The fraction of sp³-hybridized carbons (Fsp3) is 0.846. The molecular formula is C13H25N3O2. The van der Waals surface area contributed by atoms with Crippen molar-refractivity contribution in [3.63, 3.8) is 0 Å². The van der Waals surface area contributed by atoms with Crippen LogP contribution in [0.25, 0.3) is 0 Å². The predicted molar refractivity (Wildman–Crippen MR) is 71.1 cm³/mol. The summed E-state index contributed by atoms with van der Waals surface area (Å²) in [6, 6.07) is -0.308. The van der Waals surface area contributed by atoms with Crippen LogP contribution >= 0.6 is 0 Å². The maximum absolute atomic E-state index is 11.9. The molecule has 5 heteroatoms. The Balaban J connectivity index is 2.35. The Labute approximate surface area is 109 Å². The number of hydrogen-bond donors (Lipinski definition) is 3. The van der Waals surface area contributed by atoms with E-state index in [1.807, 2.05) is 13.8 Å². The highest BCUT2D eigenvalue weighted by Crippen LogP contribution is 2.11. The van der Waals surface area contributed by atoms with E-state index in [-0.39, 0.29) is 23.8 Å². The molecular weight excluding hydrogens is 230 g/mol. The van der Waals surface area contributed by atoms with Crippen molar-refractivity contribution in [1.29, 1.82) is 0 Å². The topological polar surface area (TPSA) is 70.2 Å². The number of carbonyl (C=O) groups is 2. The average molecular weight is 255 g/mol. The number of nitrogens with one attached hydrogen (secondary N) is 3. The highest BCUT2D eigenvalue weighted by molar-refractivity contribution is 5.88. The van der Waals surface area contributed by atoms with Crippen LogP contribution in [0.15, 0.2) is 0 Å². The van der Waals surface area contributed by atoms with Crippen molar-refractivity contribution in [2.45, 2.75) is 52.1 Å². The summed E-state index contributed by atoms with van der Waals surface area (Å²) in [5, 5.41) is 8.89. The van der Waals surface area contributed by atoms with Gasteiger partial charge >= 0.3 is 0 Å². The summed E-state index contributed by atoms with van der Waals surface area (Å²) >= 11 is 0. The van der Waals surface area contributed by atoms with Gasteiger partial charge in [-0.2, -0.15) is 0 Å². The Hall–Kier alpha value is -1.10. The highest BCUT2D eigenvalue weighted by atomic mass is 16.2. The van der Waals surface area contributed by atoms with Gasteiger partial charge in [0.15, 0.2) is 0 Å². The first kappa shape index (κ1) is 15.0. The second-order valence-corrected chi connectivity index (χ2v) is 5.07. The third-order valence-corrected chi connectivity index (χ3v) is 3.46. The first-order valence-corrected chi connectivity index (χ1v) is 6.86. The minimum atomic E-state index is -0.457. The lowest BCUT2D eigenvalue weighted by Crippen LogP contribution is -2.49. The molecule has 5 nitrogen and oxygen atoms in total. The van der Waals surface area contributed by atoms with Crippen molar-refractivity contribution in [2.24, 2.45) is 5.92 Å². The summed E-state index contributed by atoms with van der Waals surface area (Å²) in [7, 11) is 0. The Morgan fingerprint density at radius 3 is 2.39 bits per heavy atom. The van der Waals surface area contributed by atoms with Gasteiger partial charge in [0, 0.05) is 12.0 Å². The normalized spacial score (nSPS) is 19.9. The van der Waals surface area contributed by atoms with E-state index < -0.39 is 6.04 Å². The fourth-order valence-electron chi connectivity index (χ4n) is 1.95. The standard InChI is InChI=1S/C13H25N3O2/c1-4-9(2)15-12(17)10(3)16-13(18)11-5-7-14-8-6-11/h9-11,14H,4-8H2,1-3H3,(H,15,17)(H,16,18). The quantitative estimate of drug-likeness (QED) is 0.666. The molecule has 0 aromatic carbocycles. The average Bonchev–Trinajstić information content (AvgIpc) is 2.39. The third-order valence-electron chi connectivity index (χ3n) is 3.46. The molecule has 1 rings (SSSR count). The molecule has 0 aliphatic carbocycles. The SMILES string of the molecule is CCC(C)NC(=O)C(C)NC(=O)C1CCNCC1. The van der Waals surface area contributed by atoms with Gasteiger partial charge in [-0.3, -0.25) is 9.59 Å². The molecule has 2 atom stereocenters. The molecule has 0 radical (unpaired) electrons. The number of carbonyl (C=O) groups excluding carboxylic acids is 2. The summed E-state index contributed by atoms with van der Waals surface area (Å²) in [6.07, 6.45) is 2.60. The summed E-state index contributed by atoms with van der Waals surface area (Å²) in [5.74, 6) is -0.0555. The third kappa shape index (κ3) is 4.64. The van der Waals surface area contributed by atoms with E-state index in [9.17, 15) is 9.59 Å². The fourth-order valence-corrected chi connectivity index (χ4v) is 1.95.